The molecule has 0 fully saturated rings. The highest BCUT2D eigenvalue weighted by molar-refractivity contribution is 5.68. The molecule has 0 aliphatic heterocycles. The number of carbonyl (C=O) groups is 1. The summed E-state index contributed by atoms with van der Waals surface area (Å²) in [7, 11) is 0. The number of hydrogen-bond donors (Lipinski definition) is 1. The van der Waals surface area contributed by atoms with Gasteiger partial charge in [-0.1, -0.05) is 0 Å². The first kappa shape index (κ1) is 11.2. The lowest BCUT2D eigenvalue weighted by Gasteiger charge is -2.26. The molecule has 0 saturated heterocycles. The molecule has 0 aliphatic rings. The summed E-state index contributed by atoms with van der Waals surface area (Å²) in [6.45, 7) is 0.596. The molecule has 1 N–H and O–H groups in total. The summed E-state index contributed by atoms with van der Waals surface area (Å²) in [5.74, 6) is -1.42. The molecule has 6 heteroatoms. The molecule has 0 spiro atoms. The van der Waals surface area contributed by atoms with E-state index in [1.165, 1.54) is 0 Å². The zero-order valence-electron chi connectivity index (χ0n) is 6.60. The molecule has 0 bridgehead atoms. The third kappa shape index (κ3) is 3.08. The van der Waals surface area contributed by atoms with Crippen LogP contribution in [0.25, 0.3) is 0 Å². The van der Waals surface area contributed by atoms with Gasteiger partial charge in [0.15, 0.2) is 5.60 Å². The molecule has 12 heavy (non-hydrogen) atoms. The Kier molecular flexibility index (Phi) is 3.09. The van der Waals surface area contributed by atoms with Crippen molar-refractivity contribution in [2.75, 3.05) is 6.61 Å². The van der Waals surface area contributed by atoms with Gasteiger partial charge in [-0.3, -0.25) is 0 Å². The fourth-order valence-corrected chi connectivity index (χ4v) is 0.324. The van der Waals surface area contributed by atoms with Gasteiger partial charge in [-0.2, -0.15) is 13.2 Å². The minimum atomic E-state index is -4.55. The predicted octanol–water partition coefficient (Wildman–Crippen LogP) is 1.43. The van der Waals surface area contributed by atoms with Crippen LogP contribution in [0.5, 0.6) is 0 Å². The van der Waals surface area contributed by atoms with Gasteiger partial charge in [0.05, 0.1) is 0 Å². The van der Waals surface area contributed by atoms with Crippen molar-refractivity contribution in [1.82, 2.24) is 0 Å². The molecule has 0 amide bonds. The normalized spacial score (nSPS) is 13.1. The van der Waals surface area contributed by atoms with Gasteiger partial charge in [0.25, 0.3) is 0 Å². The van der Waals surface area contributed by atoms with Crippen molar-refractivity contribution in [1.29, 1.82) is 0 Å². The molecule has 0 atom stereocenters. The van der Waals surface area contributed by atoms with E-state index in [4.69, 9.17) is 5.11 Å². The molecule has 0 aliphatic carbocycles. The van der Waals surface area contributed by atoms with Crippen LogP contribution in [0.3, 0.4) is 0 Å². The van der Waals surface area contributed by atoms with Crippen LogP contribution in [-0.2, 0) is 9.53 Å². The first-order valence-corrected chi connectivity index (χ1v) is 3.09. The Labute approximate surface area is 67.1 Å². The van der Waals surface area contributed by atoms with Gasteiger partial charge >= 0.3 is 12.1 Å². The van der Waals surface area contributed by atoms with Crippen molar-refractivity contribution in [3.63, 3.8) is 0 Å². The van der Waals surface area contributed by atoms with Crippen molar-refractivity contribution in [3.05, 3.63) is 0 Å². The number of ether oxygens (including phenoxy) is 1. The molecule has 0 rings (SSSR count). The fraction of sp³-hybridized carbons (Fsp3) is 0.833. The minimum absolute atomic E-state index is 0.774. The fourth-order valence-electron chi connectivity index (χ4n) is 0.324. The Bertz CT molecular complexity index is 173. The molecule has 0 aromatic rings. The Balaban J connectivity index is 4.14. The van der Waals surface area contributed by atoms with Crippen molar-refractivity contribution >= 4 is 5.97 Å². The van der Waals surface area contributed by atoms with Crippen LogP contribution < -0.4 is 0 Å². The number of halogens is 3. The summed E-state index contributed by atoms with van der Waals surface area (Å²) in [4.78, 5) is 9.88. The van der Waals surface area contributed by atoms with Gasteiger partial charge in [0, 0.05) is 0 Å². The predicted molar refractivity (Wildman–Crippen MR) is 33.7 cm³/mol. The summed E-state index contributed by atoms with van der Waals surface area (Å²) >= 11 is 0. The quantitative estimate of drug-likeness (QED) is 0.725. The Hall–Kier alpha value is -0.780. The average Bonchev–Trinajstić information content (AvgIpc) is 1.81. The summed E-state index contributed by atoms with van der Waals surface area (Å²) in [6, 6.07) is 0. The lowest BCUT2D eigenvalue weighted by molar-refractivity contribution is -0.263. The van der Waals surface area contributed by atoms with Crippen LogP contribution in [0.15, 0.2) is 0 Å². The monoisotopic (exact) mass is 186 g/mol. The standard InChI is InChI=1S/C6H9F3O3/c1-5(2,6(7,8)9)12-3-4(10)11/h3H2,1-2H3,(H,10,11). The SMILES string of the molecule is CC(C)(OCC(=O)O)C(F)(F)F. The Morgan fingerprint density at radius 3 is 2.08 bits per heavy atom. The van der Waals surface area contributed by atoms with Gasteiger partial charge < -0.3 is 9.84 Å². The second kappa shape index (κ2) is 3.30. The topological polar surface area (TPSA) is 46.5 Å². The lowest BCUT2D eigenvalue weighted by atomic mass is 10.1. The van der Waals surface area contributed by atoms with E-state index in [0.29, 0.717) is 0 Å². The number of hydrogen-bond acceptors (Lipinski definition) is 2. The summed E-state index contributed by atoms with van der Waals surface area (Å²) in [5.41, 5.74) is -2.41. The second-order valence-electron chi connectivity index (χ2n) is 2.69. The molecule has 0 aromatic heterocycles. The van der Waals surface area contributed by atoms with E-state index in [9.17, 15) is 18.0 Å². The number of carboxylic acids is 1. The highest BCUT2D eigenvalue weighted by atomic mass is 19.4. The number of rotatable bonds is 3. The molecular weight excluding hydrogens is 177 g/mol. The van der Waals surface area contributed by atoms with E-state index in [1.807, 2.05) is 0 Å². The smallest absolute Gasteiger partial charge is 0.416 e. The van der Waals surface area contributed by atoms with Crippen LogP contribution >= 0.6 is 0 Å². The lowest BCUT2D eigenvalue weighted by Crippen LogP contribution is -2.42. The van der Waals surface area contributed by atoms with Gasteiger partial charge in [-0.25, -0.2) is 4.79 Å². The zero-order valence-corrected chi connectivity index (χ0v) is 6.60. The molecule has 3 nitrogen and oxygen atoms in total. The summed E-state index contributed by atoms with van der Waals surface area (Å²) in [6.07, 6.45) is -4.55. The number of carboxylic acid groups (broad SMARTS) is 1. The first-order chi connectivity index (χ1) is 5.17. The summed E-state index contributed by atoms with van der Waals surface area (Å²) < 4.78 is 40.0. The molecule has 0 heterocycles. The molecule has 0 unspecified atom stereocenters. The van der Waals surface area contributed by atoms with E-state index in [1.54, 1.807) is 0 Å². The van der Waals surface area contributed by atoms with Crippen LogP contribution in [0.4, 0.5) is 13.2 Å². The van der Waals surface area contributed by atoms with E-state index in [-0.39, 0.29) is 0 Å². The third-order valence-corrected chi connectivity index (χ3v) is 1.24. The van der Waals surface area contributed by atoms with Crippen molar-refractivity contribution in [2.45, 2.75) is 25.6 Å². The maximum atomic E-state index is 12.0. The van der Waals surface area contributed by atoms with E-state index in [0.717, 1.165) is 13.8 Å². The molecule has 0 saturated carbocycles. The second-order valence-corrected chi connectivity index (χ2v) is 2.69. The minimum Gasteiger partial charge on any atom is -0.480 e. The maximum Gasteiger partial charge on any atom is 0.416 e. The number of alkyl halides is 3. The largest absolute Gasteiger partial charge is 0.480 e. The van der Waals surface area contributed by atoms with E-state index >= 15 is 0 Å². The molecule has 0 aromatic carbocycles. The van der Waals surface area contributed by atoms with Crippen molar-refractivity contribution in [2.24, 2.45) is 0 Å². The first-order valence-electron chi connectivity index (χ1n) is 3.09. The van der Waals surface area contributed by atoms with Gasteiger partial charge in [-0.05, 0) is 13.8 Å². The summed E-state index contributed by atoms with van der Waals surface area (Å²) in [5, 5.41) is 8.05. The van der Waals surface area contributed by atoms with Gasteiger partial charge in [0.2, 0.25) is 0 Å². The van der Waals surface area contributed by atoms with Crippen molar-refractivity contribution < 1.29 is 27.8 Å². The van der Waals surface area contributed by atoms with Crippen LogP contribution in [-0.4, -0.2) is 29.5 Å². The van der Waals surface area contributed by atoms with E-state index < -0.39 is 24.4 Å². The Morgan fingerprint density at radius 1 is 1.42 bits per heavy atom. The molecule has 72 valence electrons. The van der Waals surface area contributed by atoms with Crippen LogP contribution in [0, 0.1) is 0 Å². The molecule has 0 radical (unpaired) electrons. The van der Waals surface area contributed by atoms with Crippen molar-refractivity contribution in [3.8, 4) is 0 Å². The van der Waals surface area contributed by atoms with Gasteiger partial charge in [-0.15, -0.1) is 0 Å². The van der Waals surface area contributed by atoms with Gasteiger partial charge in [0.1, 0.15) is 6.61 Å². The number of aliphatic carboxylic acids is 1. The highest BCUT2D eigenvalue weighted by Crippen LogP contribution is 2.32. The Morgan fingerprint density at radius 2 is 1.83 bits per heavy atom. The third-order valence-electron chi connectivity index (χ3n) is 1.24. The highest BCUT2D eigenvalue weighted by Gasteiger charge is 2.48. The van der Waals surface area contributed by atoms with E-state index in [2.05, 4.69) is 4.74 Å². The maximum absolute atomic E-state index is 12.0. The zero-order chi connectivity index (χ0) is 9.99. The molecular formula is C6H9F3O3. The average molecular weight is 186 g/mol. The van der Waals surface area contributed by atoms with Crippen LogP contribution in [0.2, 0.25) is 0 Å². The van der Waals surface area contributed by atoms with Crippen LogP contribution in [0.1, 0.15) is 13.8 Å².